The van der Waals surface area contributed by atoms with Gasteiger partial charge in [0.15, 0.2) is 0 Å². The predicted octanol–water partition coefficient (Wildman–Crippen LogP) is 2.64. The van der Waals surface area contributed by atoms with Crippen LogP contribution in [0.5, 0.6) is 0 Å². The Kier molecular flexibility index (Phi) is 7.17. The van der Waals surface area contributed by atoms with E-state index in [0.29, 0.717) is 0 Å². The third-order valence-electron chi connectivity index (χ3n) is 2.83. The predicted molar refractivity (Wildman–Crippen MR) is 78.2 cm³/mol. The molecule has 0 atom stereocenters. The molecule has 0 saturated heterocycles. The van der Waals surface area contributed by atoms with Crippen molar-refractivity contribution in [2.75, 3.05) is 19.6 Å². The van der Waals surface area contributed by atoms with E-state index in [-0.39, 0.29) is 0 Å². The summed E-state index contributed by atoms with van der Waals surface area (Å²) >= 11 is 0. The van der Waals surface area contributed by atoms with Gasteiger partial charge < -0.3 is 5.32 Å². The highest BCUT2D eigenvalue weighted by atomic mass is 15.1. The minimum Gasteiger partial charge on any atom is -0.313 e. The van der Waals surface area contributed by atoms with E-state index in [0.717, 1.165) is 39.1 Å². The zero-order chi connectivity index (χ0) is 13.2. The second-order valence-electron chi connectivity index (χ2n) is 4.52. The highest BCUT2D eigenvalue weighted by Gasteiger charge is 2.04. The number of terminal acetylenes is 1. The van der Waals surface area contributed by atoms with Crippen molar-refractivity contribution in [3.63, 3.8) is 0 Å². The molecule has 0 heterocycles. The molecule has 0 fully saturated rings. The summed E-state index contributed by atoms with van der Waals surface area (Å²) in [6.45, 7) is 8.98. The Morgan fingerprint density at radius 3 is 2.72 bits per heavy atom. The van der Waals surface area contributed by atoms with Crippen LogP contribution in [0.1, 0.15) is 31.4 Å². The number of rotatable bonds is 8. The zero-order valence-electron chi connectivity index (χ0n) is 11.6. The Bertz CT molecular complexity index is 379. The van der Waals surface area contributed by atoms with Crippen molar-refractivity contribution in [2.45, 2.75) is 33.4 Å². The largest absolute Gasteiger partial charge is 0.313 e. The van der Waals surface area contributed by atoms with Crippen LogP contribution >= 0.6 is 0 Å². The highest BCUT2D eigenvalue weighted by Crippen LogP contribution is 2.08. The minimum absolute atomic E-state index is 0.727. The molecule has 0 aliphatic carbocycles. The van der Waals surface area contributed by atoms with E-state index in [1.807, 2.05) is 0 Å². The van der Waals surface area contributed by atoms with E-state index in [4.69, 9.17) is 6.42 Å². The summed E-state index contributed by atoms with van der Waals surface area (Å²) in [6.07, 6.45) is 6.54. The van der Waals surface area contributed by atoms with Gasteiger partial charge in [0.2, 0.25) is 0 Å². The second kappa shape index (κ2) is 8.74. The van der Waals surface area contributed by atoms with Crippen molar-refractivity contribution >= 4 is 0 Å². The molecule has 1 aromatic rings. The van der Waals surface area contributed by atoms with Crippen LogP contribution in [0.2, 0.25) is 0 Å². The molecule has 1 N–H and O–H groups in total. The molecular formula is C16H24N2. The summed E-state index contributed by atoms with van der Waals surface area (Å²) in [5.74, 6) is 2.74. The van der Waals surface area contributed by atoms with E-state index in [1.54, 1.807) is 0 Å². The van der Waals surface area contributed by atoms with Crippen LogP contribution in [0.25, 0.3) is 0 Å². The number of hydrogen-bond acceptors (Lipinski definition) is 2. The monoisotopic (exact) mass is 244 g/mol. The van der Waals surface area contributed by atoms with E-state index >= 15 is 0 Å². The van der Waals surface area contributed by atoms with E-state index < -0.39 is 0 Å². The fourth-order valence-corrected chi connectivity index (χ4v) is 2.02. The van der Waals surface area contributed by atoms with Gasteiger partial charge in [-0.1, -0.05) is 44.0 Å². The maximum Gasteiger partial charge on any atom is 0.0601 e. The molecule has 0 unspecified atom stereocenters. The third-order valence-corrected chi connectivity index (χ3v) is 2.83. The van der Waals surface area contributed by atoms with Crippen LogP contribution in [0.15, 0.2) is 24.3 Å². The van der Waals surface area contributed by atoms with Gasteiger partial charge in [-0.2, -0.15) is 0 Å². The van der Waals surface area contributed by atoms with Crippen LogP contribution < -0.4 is 5.32 Å². The van der Waals surface area contributed by atoms with Crippen molar-refractivity contribution in [1.29, 1.82) is 0 Å². The highest BCUT2D eigenvalue weighted by molar-refractivity contribution is 5.23. The molecule has 0 aliphatic heterocycles. The Hall–Kier alpha value is -1.30. The van der Waals surface area contributed by atoms with Crippen molar-refractivity contribution in [1.82, 2.24) is 10.2 Å². The van der Waals surface area contributed by atoms with Crippen molar-refractivity contribution < 1.29 is 0 Å². The Morgan fingerprint density at radius 1 is 1.28 bits per heavy atom. The topological polar surface area (TPSA) is 15.3 Å². The van der Waals surface area contributed by atoms with Crippen molar-refractivity contribution in [3.05, 3.63) is 35.4 Å². The van der Waals surface area contributed by atoms with Gasteiger partial charge in [0.1, 0.15) is 0 Å². The Balaban J connectivity index is 2.61. The molecule has 0 aliphatic rings. The second-order valence-corrected chi connectivity index (χ2v) is 4.52. The molecule has 0 saturated carbocycles. The number of hydrogen-bond donors (Lipinski definition) is 1. The summed E-state index contributed by atoms with van der Waals surface area (Å²) in [7, 11) is 0. The first-order chi connectivity index (χ1) is 8.80. The zero-order valence-corrected chi connectivity index (χ0v) is 11.6. The average molecular weight is 244 g/mol. The Labute approximate surface area is 111 Å². The van der Waals surface area contributed by atoms with Gasteiger partial charge >= 0.3 is 0 Å². The molecule has 0 spiro atoms. The first kappa shape index (κ1) is 14.8. The van der Waals surface area contributed by atoms with Crippen LogP contribution in [-0.2, 0) is 13.1 Å². The average Bonchev–Trinajstić information content (AvgIpc) is 2.37. The van der Waals surface area contributed by atoms with Gasteiger partial charge in [0.25, 0.3) is 0 Å². The lowest BCUT2D eigenvalue weighted by Crippen LogP contribution is -2.24. The molecule has 1 aromatic carbocycles. The molecule has 98 valence electrons. The number of nitrogens with one attached hydrogen (secondary N) is 1. The molecule has 0 aromatic heterocycles. The van der Waals surface area contributed by atoms with Gasteiger partial charge in [-0.15, -0.1) is 6.42 Å². The maximum atomic E-state index is 5.41. The fourth-order valence-electron chi connectivity index (χ4n) is 2.02. The lowest BCUT2D eigenvalue weighted by molar-refractivity contribution is 0.299. The minimum atomic E-state index is 0.727. The first-order valence-corrected chi connectivity index (χ1v) is 6.74. The van der Waals surface area contributed by atoms with E-state index in [2.05, 4.69) is 54.3 Å². The van der Waals surface area contributed by atoms with E-state index in [1.165, 1.54) is 11.1 Å². The smallest absolute Gasteiger partial charge is 0.0601 e. The maximum absolute atomic E-state index is 5.41. The van der Waals surface area contributed by atoms with Gasteiger partial charge in [-0.25, -0.2) is 0 Å². The summed E-state index contributed by atoms with van der Waals surface area (Å²) in [5.41, 5.74) is 2.68. The van der Waals surface area contributed by atoms with Gasteiger partial charge in [-0.05, 0) is 30.6 Å². The molecule has 1 rings (SSSR count). The summed E-state index contributed by atoms with van der Waals surface area (Å²) < 4.78 is 0. The molecule has 0 bridgehead atoms. The summed E-state index contributed by atoms with van der Waals surface area (Å²) in [4.78, 5) is 2.31. The molecule has 0 amide bonds. The quantitative estimate of drug-likeness (QED) is 0.707. The Morgan fingerprint density at radius 2 is 2.06 bits per heavy atom. The normalized spacial score (nSPS) is 10.6. The molecule has 2 heteroatoms. The summed E-state index contributed by atoms with van der Waals surface area (Å²) in [6, 6.07) is 8.73. The lowest BCUT2D eigenvalue weighted by atomic mass is 10.1. The summed E-state index contributed by atoms with van der Waals surface area (Å²) in [5, 5.41) is 3.35. The number of benzene rings is 1. The van der Waals surface area contributed by atoms with Crippen molar-refractivity contribution in [2.24, 2.45) is 0 Å². The molecule has 0 radical (unpaired) electrons. The van der Waals surface area contributed by atoms with Crippen molar-refractivity contribution in [3.8, 4) is 12.3 Å². The lowest BCUT2D eigenvalue weighted by Gasteiger charge is -2.19. The number of nitrogens with zero attached hydrogens (tertiary/aromatic N) is 1. The SMILES string of the molecule is C#CCN(CCC)Cc1cccc(CNCC)c1. The molecular weight excluding hydrogens is 220 g/mol. The third kappa shape index (κ3) is 5.35. The molecule has 18 heavy (non-hydrogen) atoms. The van der Waals surface area contributed by atoms with Gasteiger partial charge in [0, 0.05) is 13.1 Å². The van der Waals surface area contributed by atoms with Crippen LogP contribution in [0, 0.1) is 12.3 Å². The van der Waals surface area contributed by atoms with Crippen LogP contribution in [-0.4, -0.2) is 24.5 Å². The van der Waals surface area contributed by atoms with Gasteiger partial charge in [-0.3, -0.25) is 4.90 Å². The molecule has 2 nitrogen and oxygen atoms in total. The standard InChI is InChI=1S/C16H24N2/c1-4-10-18(11-5-2)14-16-9-7-8-15(12-16)13-17-6-3/h1,7-9,12,17H,5-6,10-11,13-14H2,2-3H3. The van der Waals surface area contributed by atoms with E-state index in [9.17, 15) is 0 Å². The van der Waals surface area contributed by atoms with Gasteiger partial charge in [0.05, 0.1) is 6.54 Å². The fraction of sp³-hybridized carbons (Fsp3) is 0.500. The van der Waals surface area contributed by atoms with Crippen LogP contribution in [0.3, 0.4) is 0 Å². The van der Waals surface area contributed by atoms with Crippen LogP contribution in [0.4, 0.5) is 0 Å². The first-order valence-electron chi connectivity index (χ1n) is 6.74.